The Labute approximate surface area is 174 Å². The lowest BCUT2D eigenvalue weighted by Crippen LogP contribution is -2.36. The van der Waals surface area contributed by atoms with E-state index in [4.69, 9.17) is 0 Å². The molecule has 0 atom stereocenters. The number of anilines is 1. The van der Waals surface area contributed by atoms with Gasteiger partial charge in [0.2, 0.25) is 0 Å². The summed E-state index contributed by atoms with van der Waals surface area (Å²) in [4.78, 5) is 0. The van der Waals surface area contributed by atoms with E-state index in [2.05, 4.69) is 82.2 Å². The zero-order valence-electron chi connectivity index (χ0n) is 17.6. The fourth-order valence-corrected chi connectivity index (χ4v) is 3.31. The highest BCUT2D eigenvalue weighted by molar-refractivity contribution is 5.79. The lowest BCUT2D eigenvalue weighted by molar-refractivity contribution is -0.703. The molecule has 1 aromatic carbocycles. The number of pyridine rings is 2. The summed E-state index contributed by atoms with van der Waals surface area (Å²) < 4.78 is 4.60. The van der Waals surface area contributed by atoms with Gasteiger partial charge >= 0.3 is 0 Å². The maximum Gasteiger partial charge on any atom is 0.178 e. The van der Waals surface area contributed by atoms with E-state index in [1.165, 1.54) is 31.4 Å². The lowest BCUT2D eigenvalue weighted by Gasteiger charge is -2.11. The van der Waals surface area contributed by atoms with Crippen LogP contribution in [0.5, 0.6) is 0 Å². The molecule has 0 fully saturated rings. The highest BCUT2D eigenvalue weighted by Crippen LogP contribution is 2.10. The Balaban J connectivity index is 1.36. The second-order valence-electron chi connectivity index (χ2n) is 7.42. The maximum atomic E-state index is 4.52. The van der Waals surface area contributed by atoms with E-state index < -0.39 is 0 Å². The number of rotatable bonds is 10. The molecular formula is C25H32N4+2. The number of aromatic nitrogens is 2. The van der Waals surface area contributed by atoms with Crippen LogP contribution in [0.2, 0.25) is 0 Å². The van der Waals surface area contributed by atoms with E-state index in [9.17, 15) is 0 Å². The van der Waals surface area contributed by atoms with E-state index in [0.29, 0.717) is 0 Å². The number of aryl methyl sites for hydroxylation is 3. The van der Waals surface area contributed by atoms with E-state index >= 15 is 0 Å². The molecule has 2 aromatic heterocycles. The Morgan fingerprint density at radius 2 is 1.48 bits per heavy atom. The van der Waals surface area contributed by atoms with Gasteiger partial charge in [0.15, 0.2) is 24.3 Å². The van der Waals surface area contributed by atoms with Gasteiger partial charge in [-0.05, 0) is 25.0 Å². The van der Waals surface area contributed by atoms with Gasteiger partial charge in [-0.15, -0.1) is 0 Å². The molecule has 0 saturated heterocycles. The first-order valence-electron chi connectivity index (χ1n) is 10.5. The third-order valence-corrected chi connectivity index (χ3v) is 5.16. The van der Waals surface area contributed by atoms with Crippen molar-refractivity contribution in [2.45, 2.75) is 45.7 Å². The van der Waals surface area contributed by atoms with Crippen molar-refractivity contribution in [2.24, 2.45) is 5.10 Å². The van der Waals surface area contributed by atoms with Gasteiger partial charge in [-0.25, -0.2) is 9.13 Å². The zero-order chi connectivity index (χ0) is 20.3. The van der Waals surface area contributed by atoms with Crippen LogP contribution in [0, 0.1) is 6.92 Å². The second kappa shape index (κ2) is 11.1. The van der Waals surface area contributed by atoms with E-state index in [1.54, 1.807) is 0 Å². The van der Waals surface area contributed by atoms with Crippen LogP contribution in [0.15, 0.2) is 84.4 Å². The molecular weight excluding hydrogens is 356 g/mol. The minimum Gasteiger partial charge on any atom is -0.269 e. The molecule has 3 rings (SSSR count). The average Bonchev–Trinajstić information content (AvgIpc) is 2.77. The molecule has 0 aliphatic rings. The molecule has 3 aromatic rings. The van der Waals surface area contributed by atoms with Crippen LogP contribution in [-0.4, -0.2) is 13.3 Å². The van der Waals surface area contributed by atoms with Crippen LogP contribution in [-0.2, 0) is 13.1 Å². The standard InChI is InChI=1S/C25H32N4/c1-23-12-8-11-19-29(23)18-10-4-3-9-17-28-20-15-24(16-21-28)22-26-27(2)25-13-6-5-7-14-25/h5-8,11-16,19-22H,3-4,9-10,17-18H2,1-2H3/q+2. The van der Waals surface area contributed by atoms with Crippen molar-refractivity contribution in [3.8, 4) is 0 Å². The molecule has 4 nitrogen and oxygen atoms in total. The van der Waals surface area contributed by atoms with Gasteiger partial charge in [-0.3, -0.25) is 5.01 Å². The Hall–Kier alpha value is -3.01. The van der Waals surface area contributed by atoms with E-state index in [0.717, 1.165) is 24.3 Å². The van der Waals surface area contributed by atoms with Gasteiger partial charge in [0.25, 0.3) is 0 Å². The van der Waals surface area contributed by atoms with E-state index in [-0.39, 0.29) is 0 Å². The maximum absolute atomic E-state index is 4.52. The van der Waals surface area contributed by atoms with Gasteiger partial charge in [0.1, 0.15) is 13.1 Å². The Morgan fingerprint density at radius 3 is 2.21 bits per heavy atom. The highest BCUT2D eigenvalue weighted by Gasteiger charge is 2.04. The smallest absolute Gasteiger partial charge is 0.178 e. The molecule has 0 spiro atoms. The quantitative estimate of drug-likeness (QED) is 0.220. The Bertz CT molecular complexity index is 888. The van der Waals surface area contributed by atoms with Crippen LogP contribution in [0.4, 0.5) is 5.69 Å². The summed E-state index contributed by atoms with van der Waals surface area (Å²) in [7, 11) is 1.96. The van der Waals surface area contributed by atoms with Crippen LogP contribution < -0.4 is 14.1 Å². The topological polar surface area (TPSA) is 23.4 Å². The molecule has 0 amide bonds. The fourth-order valence-electron chi connectivity index (χ4n) is 3.31. The summed E-state index contributed by atoms with van der Waals surface area (Å²) >= 11 is 0. The van der Waals surface area contributed by atoms with Crippen molar-refractivity contribution < 1.29 is 9.13 Å². The molecule has 4 heteroatoms. The molecule has 0 bridgehead atoms. The summed E-state index contributed by atoms with van der Waals surface area (Å²) in [6, 6.07) is 20.8. The number of hydrogen-bond donors (Lipinski definition) is 0. The van der Waals surface area contributed by atoms with Crippen molar-refractivity contribution in [1.29, 1.82) is 0 Å². The minimum absolute atomic E-state index is 1.07. The van der Waals surface area contributed by atoms with Crippen LogP contribution in [0.1, 0.15) is 36.9 Å². The average molecular weight is 389 g/mol. The predicted octanol–water partition coefficient (Wildman–Crippen LogP) is 4.30. The summed E-state index contributed by atoms with van der Waals surface area (Å²) in [5.74, 6) is 0. The van der Waals surface area contributed by atoms with Crippen LogP contribution in [0.3, 0.4) is 0 Å². The summed E-state index contributed by atoms with van der Waals surface area (Å²) in [6.45, 7) is 4.36. The van der Waals surface area contributed by atoms with Crippen molar-refractivity contribution in [1.82, 2.24) is 0 Å². The molecule has 0 radical (unpaired) electrons. The van der Waals surface area contributed by atoms with E-state index in [1.807, 2.05) is 36.5 Å². The van der Waals surface area contributed by atoms with Gasteiger partial charge in [-0.2, -0.15) is 5.10 Å². The predicted molar refractivity (Wildman–Crippen MR) is 119 cm³/mol. The monoisotopic (exact) mass is 388 g/mol. The Morgan fingerprint density at radius 1 is 0.793 bits per heavy atom. The SMILES string of the molecule is Cc1cccc[n+]1CCCCCC[n+]1ccc(/C=N/N(C)c2ccccc2)cc1. The lowest BCUT2D eigenvalue weighted by atomic mass is 10.2. The molecule has 0 aliphatic heterocycles. The third-order valence-electron chi connectivity index (χ3n) is 5.16. The van der Waals surface area contributed by atoms with Crippen molar-refractivity contribution >= 4 is 11.9 Å². The largest absolute Gasteiger partial charge is 0.269 e. The van der Waals surface area contributed by atoms with Crippen molar-refractivity contribution in [3.63, 3.8) is 0 Å². The molecule has 29 heavy (non-hydrogen) atoms. The molecule has 150 valence electrons. The number of para-hydroxylation sites is 1. The second-order valence-corrected chi connectivity index (χ2v) is 7.42. The first-order valence-corrected chi connectivity index (χ1v) is 10.5. The molecule has 2 heterocycles. The zero-order valence-corrected chi connectivity index (χ0v) is 17.6. The number of hydrogen-bond acceptors (Lipinski definition) is 2. The van der Waals surface area contributed by atoms with Gasteiger partial charge in [0, 0.05) is 56.6 Å². The first-order chi connectivity index (χ1) is 14.2. The first kappa shape index (κ1) is 20.7. The molecule has 0 aliphatic carbocycles. The number of hydrazone groups is 1. The summed E-state index contributed by atoms with van der Waals surface area (Å²) in [5.41, 5.74) is 3.52. The van der Waals surface area contributed by atoms with Crippen LogP contribution >= 0.6 is 0 Å². The highest BCUT2D eigenvalue weighted by atomic mass is 15.4. The molecule has 0 unspecified atom stereocenters. The van der Waals surface area contributed by atoms with Crippen molar-refractivity contribution in [3.05, 3.63) is 90.5 Å². The minimum atomic E-state index is 1.07. The van der Waals surface area contributed by atoms with Crippen LogP contribution in [0.25, 0.3) is 0 Å². The molecule has 0 N–H and O–H groups in total. The van der Waals surface area contributed by atoms with Crippen molar-refractivity contribution in [2.75, 3.05) is 12.1 Å². The molecule has 0 saturated carbocycles. The third kappa shape index (κ3) is 6.83. The summed E-state index contributed by atoms with van der Waals surface area (Å²) in [5, 5.41) is 6.40. The number of unbranched alkanes of at least 4 members (excludes halogenated alkanes) is 3. The fraction of sp³-hybridized carbons (Fsp3) is 0.320. The number of nitrogens with zero attached hydrogens (tertiary/aromatic N) is 4. The normalized spacial score (nSPS) is 11.1. The number of benzene rings is 1. The van der Waals surface area contributed by atoms with Gasteiger partial charge < -0.3 is 0 Å². The van der Waals surface area contributed by atoms with Gasteiger partial charge in [-0.1, -0.05) is 24.3 Å². The Kier molecular flexibility index (Phi) is 7.93. The van der Waals surface area contributed by atoms with Gasteiger partial charge in [0.05, 0.1) is 11.9 Å². The summed E-state index contributed by atoms with van der Waals surface area (Å²) in [6.07, 6.45) is 13.4.